The zero-order chi connectivity index (χ0) is 11.8. The molecular weight excluding hydrogens is 224 g/mol. The largest absolute Gasteiger partial charge is 0.406 e. The fraction of sp³-hybridized carbons (Fsp3) is 0.667. The number of rotatable bonds is 1. The highest BCUT2D eigenvalue weighted by Crippen LogP contribution is 2.51. The molecule has 0 fully saturated rings. The first-order chi connectivity index (χ1) is 5.92. The Bertz CT molecular complexity index is 213. The highest BCUT2D eigenvalue weighted by atomic mass is 19.4. The minimum Gasteiger partial charge on any atom is -0.174 e. The van der Waals surface area contributed by atoms with Crippen LogP contribution in [0.3, 0.4) is 0 Å². The van der Waals surface area contributed by atoms with Crippen LogP contribution in [-0.4, -0.2) is 12.4 Å². The van der Waals surface area contributed by atoms with Gasteiger partial charge in [0.15, 0.2) is 5.41 Å². The maximum Gasteiger partial charge on any atom is 0.406 e. The van der Waals surface area contributed by atoms with Gasteiger partial charge in [-0.2, -0.15) is 35.1 Å². The molecule has 0 spiro atoms. The zero-order valence-electron chi connectivity index (χ0n) is 6.60. The molecule has 0 unspecified atom stereocenters. The van der Waals surface area contributed by atoms with Crippen molar-refractivity contribution in [1.82, 2.24) is 0 Å². The number of halogens is 8. The Kier molecular flexibility index (Phi) is 3.19. The molecule has 0 atom stereocenters. The van der Waals surface area contributed by atoms with Crippen LogP contribution in [0.4, 0.5) is 35.1 Å². The average Bonchev–Trinajstić information content (AvgIpc) is 1.79. The van der Waals surface area contributed by atoms with Crippen molar-refractivity contribution in [2.45, 2.75) is 19.3 Å². The van der Waals surface area contributed by atoms with Gasteiger partial charge in [0.25, 0.3) is 6.08 Å². The monoisotopic (exact) mass is 228 g/mol. The average molecular weight is 228 g/mol. The maximum absolute atomic E-state index is 11.9. The van der Waals surface area contributed by atoms with Crippen LogP contribution in [0, 0.1) is 5.41 Å². The van der Waals surface area contributed by atoms with Gasteiger partial charge in [-0.25, -0.2) is 0 Å². The third kappa shape index (κ3) is 2.36. The molecule has 0 bridgehead atoms. The molecule has 0 nitrogen and oxygen atoms in total. The van der Waals surface area contributed by atoms with Gasteiger partial charge in [0.2, 0.25) is 0 Å². The van der Waals surface area contributed by atoms with Crippen LogP contribution >= 0.6 is 0 Å². The first-order valence-corrected chi connectivity index (χ1v) is 3.09. The lowest BCUT2D eigenvalue weighted by molar-refractivity contribution is -0.315. The fourth-order valence-electron chi connectivity index (χ4n) is 0.543. The molecule has 0 rings (SSSR count). The Morgan fingerprint density at radius 3 is 1.21 bits per heavy atom. The van der Waals surface area contributed by atoms with Crippen LogP contribution in [0.5, 0.6) is 0 Å². The lowest BCUT2D eigenvalue weighted by Crippen LogP contribution is -2.46. The van der Waals surface area contributed by atoms with E-state index in [-0.39, 0.29) is 6.92 Å². The van der Waals surface area contributed by atoms with Crippen molar-refractivity contribution in [2.24, 2.45) is 5.41 Å². The minimum absolute atomic E-state index is 0.355. The van der Waals surface area contributed by atoms with Crippen molar-refractivity contribution >= 4 is 0 Å². The van der Waals surface area contributed by atoms with Gasteiger partial charge in [0.1, 0.15) is 0 Å². The second-order valence-electron chi connectivity index (χ2n) is 2.63. The van der Waals surface area contributed by atoms with Crippen molar-refractivity contribution in [2.75, 3.05) is 0 Å². The summed E-state index contributed by atoms with van der Waals surface area (Å²) in [6.07, 6.45) is -15.8. The lowest BCUT2D eigenvalue weighted by atomic mass is 9.89. The topological polar surface area (TPSA) is 0 Å². The molecule has 14 heavy (non-hydrogen) atoms. The van der Waals surface area contributed by atoms with Crippen molar-refractivity contribution < 1.29 is 35.1 Å². The molecule has 84 valence electrons. The smallest absolute Gasteiger partial charge is 0.174 e. The summed E-state index contributed by atoms with van der Waals surface area (Å²) in [5.41, 5.74) is -4.52. The standard InChI is InChI=1S/C6H4F8/c1-4(2-3(7)8,5(9,10)11)6(12,13)14/h2H,1H3. The van der Waals surface area contributed by atoms with Crippen molar-refractivity contribution in [3.63, 3.8) is 0 Å². The van der Waals surface area contributed by atoms with Crippen LogP contribution < -0.4 is 0 Å². The van der Waals surface area contributed by atoms with E-state index in [1.165, 1.54) is 0 Å². The van der Waals surface area contributed by atoms with E-state index in [1.807, 2.05) is 0 Å². The van der Waals surface area contributed by atoms with E-state index in [4.69, 9.17) is 0 Å². The maximum atomic E-state index is 11.9. The van der Waals surface area contributed by atoms with Crippen molar-refractivity contribution in [1.29, 1.82) is 0 Å². The first kappa shape index (κ1) is 13.2. The lowest BCUT2D eigenvalue weighted by Gasteiger charge is -2.30. The summed E-state index contributed by atoms with van der Waals surface area (Å²) < 4.78 is 94.1. The first-order valence-electron chi connectivity index (χ1n) is 3.09. The van der Waals surface area contributed by atoms with Gasteiger partial charge in [-0.15, -0.1) is 0 Å². The summed E-state index contributed by atoms with van der Waals surface area (Å²) in [6.45, 7) is -0.355. The van der Waals surface area contributed by atoms with Crippen LogP contribution in [0.25, 0.3) is 0 Å². The van der Waals surface area contributed by atoms with Crippen molar-refractivity contribution in [3.05, 3.63) is 12.2 Å². The molecule has 0 N–H and O–H groups in total. The zero-order valence-corrected chi connectivity index (χ0v) is 6.60. The van der Waals surface area contributed by atoms with Gasteiger partial charge in [0, 0.05) is 6.08 Å². The summed E-state index contributed by atoms with van der Waals surface area (Å²) in [4.78, 5) is 0. The van der Waals surface area contributed by atoms with Crippen LogP contribution in [0.1, 0.15) is 6.92 Å². The molecule has 0 aromatic carbocycles. The molecule has 0 aromatic heterocycles. The predicted molar refractivity (Wildman–Crippen MR) is 30.5 cm³/mol. The van der Waals surface area contributed by atoms with E-state index in [0.717, 1.165) is 0 Å². The molecule has 8 heteroatoms. The molecule has 0 heterocycles. The highest BCUT2D eigenvalue weighted by Gasteiger charge is 2.66. The van der Waals surface area contributed by atoms with Crippen LogP contribution in [-0.2, 0) is 0 Å². The second-order valence-corrected chi connectivity index (χ2v) is 2.63. The Hall–Kier alpha value is -0.820. The fourth-order valence-corrected chi connectivity index (χ4v) is 0.543. The molecule has 0 saturated heterocycles. The third-order valence-corrected chi connectivity index (χ3v) is 1.58. The Balaban J connectivity index is 5.41. The molecule has 0 radical (unpaired) electrons. The Morgan fingerprint density at radius 2 is 1.14 bits per heavy atom. The highest BCUT2D eigenvalue weighted by molar-refractivity contribution is 5.06. The van der Waals surface area contributed by atoms with Gasteiger partial charge in [-0.05, 0) is 6.92 Å². The van der Waals surface area contributed by atoms with E-state index < -0.39 is 29.9 Å². The van der Waals surface area contributed by atoms with E-state index >= 15 is 0 Å². The number of allylic oxidation sites excluding steroid dienone is 1. The molecular formula is C6H4F8. The van der Waals surface area contributed by atoms with Crippen LogP contribution in [0.2, 0.25) is 0 Å². The summed E-state index contributed by atoms with van der Waals surface area (Å²) in [6, 6.07) is 0. The normalized spacial score (nSPS) is 14.1. The van der Waals surface area contributed by atoms with Gasteiger partial charge in [-0.3, -0.25) is 0 Å². The Morgan fingerprint density at radius 1 is 0.857 bits per heavy atom. The molecule has 0 aliphatic carbocycles. The Labute approximate surface area is 73.2 Å². The van der Waals surface area contributed by atoms with Gasteiger partial charge in [0.05, 0.1) is 0 Å². The second kappa shape index (κ2) is 3.39. The SMILES string of the molecule is CC(C=C(F)F)(C(F)(F)F)C(F)(F)F. The molecule has 0 aliphatic heterocycles. The third-order valence-electron chi connectivity index (χ3n) is 1.58. The predicted octanol–water partition coefficient (Wildman–Crippen LogP) is 3.90. The minimum atomic E-state index is -5.81. The molecule has 0 amide bonds. The quantitative estimate of drug-likeness (QED) is 0.597. The number of hydrogen-bond acceptors (Lipinski definition) is 0. The van der Waals surface area contributed by atoms with E-state index in [9.17, 15) is 35.1 Å². The summed E-state index contributed by atoms with van der Waals surface area (Å²) in [5, 5.41) is 0. The van der Waals surface area contributed by atoms with E-state index in [1.54, 1.807) is 0 Å². The molecule has 0 aliphatic rings. The van der Waals surface area contributed by atoms with Crippen LogP contribution in [0.15, 0.2) is 12.2 Å². The van der Waals surface area contributed by atoms with E-state index in [0.29, 0.717) is 0 Å². The summed E-state index contributed by atoms with van der Waals surface area (Å²) in [7, 11) is 0. The van der Waals surface area contributed by atoms with Gasteiger partial charge >= 0.3 is 12.4 Å². The van der Waals surface area contributed by atoms with E-state index in [2.05, 4.69) is 0 Å². The number of alkyl halides is 6. The summed E-state index contributed by atoms with van der Waals surface area (Å²) >= 11 is 0. The molecule has 0 saturated carbocycles. The number of hydrogen-bond donors (Lipinski definition) is 0. The van der Waals surface area contributed by atoms with Gasteiger partial charge in [-0.1, -0.05) is 0 Å². The molecule has 0 aromatic rings. The van der Waals surface area contributed by atoms with Gasteiger partial charge < -0.3 is 0 Å². The summed E-state index contributed by atoms with van der Waals surface area (Å²) in [5.74, 6) is 0. The van der Waals surface area contributed by atoms with Crippen molar-refractivity contribution in [3.8, 4) is 0 Å².